The summed E-state index contributed by atoms with van der Waals surface area (Å²) in [6.45, 7) is 0. The molecular weight excluding hydrogens is 136 g/mol. The van der Waals surface area contributed by atoms with Crippen molar-refractivity contribution in [2.24, 2.45) is 0 Å². The Labute approximate surface area is 57.4 Å². The third-order valence-electron chi connectivity index (χ3n) is 1.42. The quantitative estimate of drug-likeness (QED) is 0.375. The fourth-order valence-electron chi connectivity index (χ4n) is 0.761. The molecule has 0 spiro atoms. The SMILES string of the molecule is O=C1C=CC(O)C(O)C1O. The number of aliphatic hydroxyl groups is 3. The van der Waals surface area contributed by atoms with Gasteiger partial charge >= 0.3 is 0 Å². The van der Waals surface area contributed by atoms with E-state index in [1.165, 1.54) is 0 Å². The first kappa shape index (κ1) is 7.40. The molecule has 1 aliphatic carbocycles. The van der Waals surface area contributed by atoms with E-state index in [9.17, 15) is 4.79 Å². The first-order valence-electron chi connectivity index (χ1n) is 2.89. The van der Waals surface area contributed by atoms with Crippen molar-refractivity contribution in [2.75, 3.05) is 0 Å². The van der Waals surface area contributed by atoms with Gasteiger partial charge in [-0.15, -0.1) is 0 Å². The molecule has 4 heteroatoms. The third kappa shape index (κ3) is 1.09. The number of aliphatic hydroxyl groups excluding tert-OH is 3. The molecule has 0 fully saturated rings. The van der Waals surface area contributed by atoms with Crippen LogP contribution in [0.2, 0.25) is 0 Å². The van der Waals surface area contributed by atoms with E-state index >= 15 is 0 Å². The van der Waals surface area contributed by atoms with Gasteiger partial charge in [-0.1, -0.05) is 0 Å². The van der Waals surface area contributed by atoms with E-state index in [1.54, 1.807) is 0 Å². The average molecular weight is 144 g/mol. The summed E-state index contributed by atoms with van der Waals surface area (Å²) in [5.74, 6) is -0.571. The van der Waals surface area contributed by atoms with Gasteiger partial charge in [0.1, 0.15) is 18.3 Å². The van der Waals surface area contributed by atoms with E-state index in [2.05, 4.69) is 0 Å². The largest absolute Gasteiger partial charge is 0.387 e. The molecule has 0 aromatic carbocycles. The lowest BCUT2D eigenvalue weighted by Crippen LogP contribution is -2.43. The van der Waals surface area contributed by atoms with Crippen LogP contribution in [0.15, 0.2) is 12.2 Å². The van der Waals surface area contributed by atoms with Gasteiger partial charge in [0, 0.05) is 0 Å². The molecule has 0 aromatic heterocycles. The van der Waals surface area contributed by atoms with Gasteiger partial charge in [-0.05, 0) is 12.2 Å². The average Bonchev–Trinajstić information content (AvgIpc) is 1.93. The van der Waals surface area contributed by atoms with Crippen LogP contribution in [0.1, 0.15) is 0 Å². The van der Waals surface area contributed by atoms with Crippen molar-refractivity contribution in [1.29, 1.82) is 0 Å². The van der Waals surface area contributed by atoms with Crippen LogP contribution in [0.3, 0.4) is 0 Å². The Morgan fingerprint density at radius 3 is 2.40 bits per heavy atom. The van der Waals surface area contributed by atoms with Crippen molar-refractivity contribution in [3.8, 4) is 0 Å². The molecule has 3 atom stereocenters. The van der Waals surface area contributed by atoms with Crippen LogP contribution in [0.25, 0.3) is 0 Å². The zero-order valence-electron chi connectivity index (χ0n) is 5.14. The first-order valence-corrected chi connectivity index (χ1v) is 2.89. The van der Waals surface area contributed by atoms with Crippen molar-refractivity contribution in [3.05, 3.63) is 12.2 Å². The highest BCUT2D eigenvalue weighted by Crippen LogP contribution is 2.08. The van der Waals surface area contributed by atoms with E-state index in [4.69, 9.17) is 15.3 Å². The lowest BCUT2D eigenvalue weighted by atomic mass is 9.98. The monoisotopic (exact) mass is 144 g/mol. The number of rotatable bonds is 0. The van der Waals surface area contributed by atoms with Gasteiger partial charge in [-0.2, -0.15) is 0 Å². The highest BCUT2D eigenvalue weighted by molar-refractivity contribution is 5.94. The second-order valence-corrected chi connectivity index (χ2v) is 2.19. The van der Waals surface area contributed by atoms with Crippen molar-refractivity contribution in [3.63, 3.8) is 0 Å². The Bertz CT molecular complexity index is 175. The second-order valence-electron chi connectivity index (χ2n) is 2.19. The maximum atomic E-state index is 10.5. The van der Waals surface area contributed by atoms with E-state index in [-0.39, 0.29) is 0 Å². The van der Waals surface area contributed by atoms with Gasteiger partial charge in [-0.25, -0.2) is 0 Å². The summed E-state index contributed by atoms with van der Waals surface area (Å²) >= 11 is 0. The Morgan fingerprint density at radius 1 is 1.30 bits per heavy atom. The van der Waals surface area contributed by atoms with Crippen LogP contribution < -0.4 is 0 Å². The van der Waals surface area contributed by atoms with Crippen molar-refractivity contribution in [1.82, 2.24) is 0 Å². The molecule has 0 aromatic rings. The summed E-state index contributed by atoms with van der Waals surface area (Å²) in [4.78, 5) is 10.5. The van der Waals surface area contributed by atoms with Gasteiger partial charge < -0.3 is 15.3 Å². The van der Waals surface area contributed by atoms with Crippen LogP contribution in [0.4, 0.5) is 0 Å². The highest BCUT2D eigenvalue weighted by Gasteiger charge is 2.30. The number of hydrogen-bond acceptors (Lipinski definition) is 4. The van der Waals surface area contributed by atoms with Gasteiger partial charge in [0.2, 0.25) is 0 Å². The zero-order valence-corrected chi connectivity index (χ0v) is 5.14. The van der Waals surface area contributed by atoms with Gasteiger partial charge in [0.15, 0.2) is 5.78 Å². The maximum Gasteiger partial charge on any atom is 0.186 e. The minimum atomic E-state index is -1.47. The first-order chi connectivity index (χ1) is 4.63. The number of ketones is 1. The van der Waals surface area contributed by atoms with Crippen LogP contribution >= 0.6 is 0 Å². The summed E-state index contributed by atoms with van der Waals surface area (Å²) in [5, 5.41) is 26.5. The molecule has 0 radical (unpaired) electrons. The molecule has 0 saturated heterocycles. The molecule has 3 unspecified atom stereocenters. The molecule has 10 heavy (non-hydrogen) atoms. The molecule has 0 aliphatic heterocycles. The zero-order chi connectivity index (χ0) is 7.72. The van der Waals surface area contributed by atoms with Crippen molar-refractivity contribution in [2.45, 2.75) is 18.3 Å². The highest BCUT2D eigenvalue weighted by atomic mass is 16.4. The predicted molar refractivity (Wildman–Crippen MR) is 32.2 cm³/mol. The molecule has 0 amide bonds. The Morgan fingerprint density at radius 2 is 1.90 bits per heavy atom. The lowest BCUT2D eigenvalue weighted by molar-refractivity contribution is -0.133. The standard InChI is InChI=1S/C6H8O4/c7-3-1-2-4(8)6(10)5(3)9/h1-3,5-7,9-10H. The lowest BCUT2D eigenvalue weighted by Gasteiger charge is -2.21. The van der Waals surface area contributed by atoms with E-state index < -0.39 is 24.1 Å². The molecule has 56 valence electrons. The summed E-state index contributed by atoms with van der Waals surface area (Å²) < 4.78 is 0. The number of carbonyl (C=O) groups is 1. The molecule has 3 N–H and O–H groups in total. The van der Waals surface area contributed by atoms with Crippen LogP contribution in [-0.2, 0) is 4.79 Å². The Kier molecular flexibility index (Phi) is 1.85. The molecule has 0 heterocycles. The molecule has 1 aliphatic rings. The topological polar surface area (TPSA) is 77.8 Å². The van der Waals surface area contributed by atoms with E-state index in [1.807, 2.05) is 0 Å². The Hall–Kier alpha value is -0.710. The molecular formula is C6H8O4. The predicted octanol–water partition coefficient (Wildman–Crippen LogP) is -1.79. The summed E-state index contributed by atoms with van der Waals surface area (Å²) in [7, 11) is 0. The second kappa shape index (κ2) is 2.49. The van der Waals surface area contributed by atoms with Gasteiger partial charge in [0.05, 0.1) is 0 Å². The maximum absolute atomic E-state index is 10.5. The minimum absolute atomic E-state index is 0.571. The van der Waals surface area contributed by atoms with Crippen molar-refractivity contribution >= 4 is 5.78 Å². The van der Waals surface area contributed by atoms with Gasteiger partial charge in [0.25, 0.3) is 0 Å². The minimum Gasteiger partial charge on any atom is -0.387 e. The van der Waals surface area contributed by atoms with Gasteiger partial charge in [-0.3, -0.25) is 4.79 Å². The third-order valence-corrected chi connectivity index (χ3v) is 1.42. The molecule has 4 nitrogen and oxygen atoms in total. The summed E-state index contributed by atoms with van der Waals surface area (Å²) in [6, 6.07) is 0. The van der Waals surface area contributed by atoms with Crippen molar-refractivity contribution < 1.29 is 20.1 Å². The smallest absolute Gasteiger partial charge is 0.186 e. The fraction of sp³-hybridized carbons (Fsp3) is 0.500. The Balaban J connectivity index is 2.79. The summed E-state index contributed by atoms with van der Waals surface area (Å²) in [5.41, 5.74) is 0. The fourth-order valence-corrected chi connectivity index (χ4v) is 0.761. The van der Waals surface area contributed by atoms with Crippen LogP contribution in [0.5, 0.6) is 0 Å². The van der Waals surface area contributed by atoms with Crippen LogP contribution in [-0.4, -0.2) is 39.4 Å². The molecule has 0 bridgehead atoms. The molecule has 1 rings (SSSR count). The number of hydrogen-bond donors (Lipinski definition) is 3. The van der Waals surface area contributed by atoms with E-state index in [0.717, 1.165) is 12.2 Å². The van der Waals surface area contributed by atoms with E-state index in [0.29, 0.717) is 0 Å². The summed E-state index contributed by atoms with van der Waals surface area (Å²) in [6.07, 6.45) is -1.77. The number of carbonyl (C=O) groups excluding carboxylic acids is 1. The molecule has 0 saturated carbocycles. The normalized spacial score (nSPS) is 40.3. The van der Waals surface area contributed by atoms with Crippen LogP contribution in [0, 0.1) is 0 Å².